The van der Waals surface area contributed by atoms with Crippen LogP contribution in [0.4, 0.5) is 0 Å². The van der Waals surface area contributed by atoms with Crippen molar-refractivity contribution in [1.82, 2.24) is 21.3 Å². The molecule has 15 nitrogen and oxygen atoms in total. The van der Waals surface area contributed by atoms with Crippen LogP contribution in [0.5, 0.6) is 0 Å². The van der Waals surface area contributed by atoms with E-state index in [1.165, 1.54) is 0 Å². The van der Waals surface area contributed by atoms with Crippen LogP contribution in [0.25, 0.3) is 0 Å². The number of unbranched alkanes of at least 4 members (excludes halogenated alkanes) is 2. The largest absolute Gasteiger partial charge is 0.481 e. The summed E-state index contributed by atoms with van der Waals surface area (Å²) in [6.07, 6.45) is 2.71. The Morgan fingerprint density at radius 2 is 1.16 bits per heavy atom. The van der Waals surface area contributed by atoms with Gasteiger partial charge in [-0.3, -0.25) is 24.0 Å². The lowest BCUT2D eigenvalue weighted by Gasteiger charge is -2.28. The third kappa shape index (κ3) is 16.5. The first kappa shape index (κ1) is 40.7. The normalized spacial score (nSPS) is 15.3. The van der Waals surface area contributed by atoms with Gasteiger partial charge in [-0.25, -0.2) is 4.79 Å². The molecule has 0 aliphatic carbocycles. The molecule has 12 N–H and O–H groups in total. The highest BCUT2D eigenvalue weighted by Gasteiger charge is 2.33. The second-order valence-corrected chi connectivity index (χ2v) is 11.6. The van der Waals surface area contributed by atoms with Gasteiger partial charge in [-0.05, 0) is 69.9 Å². The number of nitrogens with two attached hydrogens (primary N) is 3. The summed E-state index contributed by atoms with van der Waals surface area (Å²) in [5, 5.41) is 29.1. The Balaban J connectivity index is 5.95. The van der Waals surface area contributed by atoms with Crippen LogP contribution in [0, 0.1) is 11.8 Å². The van der Waals surface area contributed by atoms with Crippen LogP contribution >= 0.6 is 0 Å². The average Bonchev–Trinajstić information content (AvgIpc) is 2.95. The molecule has 0 bridgehead atoms. The van der Waals surface area contributed by atoms with Gasteiger partial charge in [0.2, 0.25) is 23.6 Å². The number of amides is 4. The van der Waals surface area contributed by atoms with E-state index in [1.807, 2.05) is 20.8 Å². The maximum Gasteiger partial charge on any atom is 0.326 e. The van der Waals surface area contributed by atoms with Crippen LogP contribution in [0.15, 0.2) is 0 Å². The van der Waals surface area contributed by atoms with Crippen molar-refractivity contribution in [3.05, 3.63) is 0 Å². The SMILES string of the molecule is CCC(C)C(NC(=O)C(N)CCCCN)C(=O)NC(CCC(=O)O)C(=O)NC(CCCCN)C(=O)NC(CC(C)C)C(=O)O. The Hall–Kier alpha value is -3.30. The standard InChI is InChI=1S/C29H55N7O8/c1-5-18(4)24(36-25(39)19(32)10-6-8-14-30)28(42)34-21(12-13-23(37)38)27(41)33-20(11-7-9-15-31)26(40)35-22(29(43)44)16-17(2)3/h17-22,24H,5-16,30-32H2,1-4H3,(H,33,41)(H,34,42)(H,35,40)(H,36,39)(H,37,38)(H,43,44). The molecule has 6 atom stereocenters. The lowest BCUT2D eigenvalue weighted by molar-refractivity contribution is -0.142. The summed E-state index contributed by atoms with van der Waals surface area (Å²) in [6.45, 7) is 7.97. The van der Waals surface area contributed by atoms with Crippen molar-refractivity contribution in [3.63, 3.8) is 0 Å². The van der Waals surface area contributed by atoms with Gasteiger partial charge < -0.3 is 48.7 Å². The van der Waals surface area contributed by atoms with Crippen molar-refractivity contribution in [2.75, 3.05) is 13.1 Å². The van der Waals surface area contributed by atoms with Gasteiger partial charge in [0.05, 0.1) is 6.04 Å². The van der Waals surface area contributed by atoms with Crippen LogP contribution in [0.1, 0.15) is 91.9 Å². The van der Waals surface area contributed by atoms with E-state index in [-0.39, 0.29) is 31.1 Å². The molecule has 254 valence electrons. The lowest BCUT2D eigenvalue weighted by Crippen LogP contribution is -2.59. The van der Waals surface area contributed by atoms with Crippen molar-refractivity contribution in [1.29, 1.82) is 0 Å². The molecule has 0 aromatic carbocycles. The molecule has 15 heteroatoms. The monoisotopic (exact) mass is 629 g/mol. The molecular weight excluding hydrogens is 574 g/mol. The fourth-order valence-corrected chi connectivity index (χ4v) is 4.40. The molecule has 0 aliphatic rings. The van der Waals surface area contributed by atoms with Gasteiger partial charge in [0.25, 0.3) is 0 Å². The van der Waals surface area contributed by atoms with E-state index in [9.17, 15) is 39.0 Å². The number of carbonyl (C=O) groups excluding carboxylic acids is 4. The smallest absolute Gasteiger partial charge is 0.326 e. The van der Waals surface area contributed by atoms with Gasteiger partial charge in [-0.2, -0.15) is 0 Å². The highest BCUT2D eigenvalue weighted by molar-refractivity contribution is 5.95. The highest BCUT2D eigenvalue weighted by Crippen LogP contribution is 2.12. The third-order valence-electron chi connectivity index (χ3n) is 7.28. The molecule has 4 amide bonds. The molecule has 0 saturated carbocycles. The zero-order valence-corrected chi connectivity index (χ0v) is 26.6. The van der Waals surface area contributed by atoms with Crippen molar-refractivity contribution < 1.29 is 39.0 Å². The van der Waals surface area contributed by atoms with E-state index in [4.69, 9.17) is 17.2 Å². The minimum atomic E-state index is -1.36. The summed E-state index contributed by atoms with van der Waals surface area (Å²) in [4.78, 5) is 75.8. The van der Waals surface area contributed by atoms with Crippen LogP contribution in [0.3, 0.4) is 0 Å². The maximum absolute atomic E-state index is 13.4. The lowest BCUT2D eigenvalue weighted by atomic mass is 9.96. The van der Waals surface area contributed by atoms with Gasteiger partial charge in [0, 0.05) is 6.42 Å². The van der Waals surface area contributed by atoms with Crippen LogP contribution in [0.2, 0.25) is 0 Å². The molecule has 0 aliphatic heterocycles. The number of rotatable bonds is 24. The second kappa shape index (κ2) is 22.2. The minimum absolute atomic E-state index is 0.0308. The first-order valence-corrected chi connectivity index (χ1v) is 15.5. The van der Waals surface area contributed by atoms with Crippen LogP contribution in [-0.4, -0.2) is 89.1 Å². The summed E-state index contributed by atoms with van der Waals surface area (Å²) >= 11 is 0. The Labute approximate surface area is 260 Å². The number of hydrogen-bond acceptors (Lipinski definition) is 9. The summed E-state index contributed by atoms with van der Waals surface area (Å²) in [5.74, 6) is -5.61. The summed E-state index contributed by atoms with van der Waals surface area (Å²) in [6, 6.07) is -5.64. The first-order chi connectivity index (χ1) is 20.7. The number of nitrogens with one attached hydrogen (secondary N) is 4. The van der Waals surface area contributed by atoms with Crippen molar-refractivity contribution >= 4 is 35.6 Å². The number of hydrogen-bond donors (Lipinski definition) is 9. The van der Waals surface area contributed by atoms with Crippen molar-refractivity contribution in [3.8, 4) is 0 Å². The molecule has 0 rings (SSSR count). The van der Waals surface area contributed by atoms with E-state index < -0.39 is 72.2 Å². The molecule has 0 heterocycles. The van der Waals surface area contributed by atoms with Gasteiger partial charge in [-0.1, -0.05) is 40.5 Å². The number of carbonyl (C=O) groups is 6. The van der Waals surface area contributed by atoms with Crippen LogP contribution in [-0.2, 0) is 28.8 Å². The first-order valence-electron chi connectivity index (χ1n) is 15.5. The number of carboxylic acid groups (broad SMARTS) is 2. The molecule has 0 radical (unpaired) electrons. The van der Waals surface area contributed by atoms with Gasteiger partial charge in [0.15, 0.2) is 0 Å². The highest BCUT2D eigenvalue weighted by atomic mass is 16.4. The predicted molar refractivity (Wildman–Crippen MR) is 165 cm³/mol. The molecule has 0 aromatic heterocycles. The summed E-state index contributed by atoms with van der Waals surface area (Å²) in [5.41, 5.74) is 17.1. The summed E-state index contributed by atoms with van der Waals surface area (Å²) < 4.78 is 0. The van der Waals surface area contributed by atoms with E-state index in [0.29, 0.717) is 51.6 Å². The predicted octanol–water partition coefficient (Wildman–Crippen LogP) is -0.447. The van der Waals surface area contributed by atoms with Gasteiger partial charge >= 0.3 is 11.9 Å². The van der Waals surface area contributed by atoms with E-state index in [1.54, 1.807) is 6.92 Å². The van der Waals surface area contributed by atoms with E-state index in [2.05, 4.69) is 21.3 Å². The molecule has 44 heavy (non-hydrogen) atoms. The summed E-state index contributed by atoms with van der Waals surface area (Å²) in [7, 11) is 0. The fraction of sp³-hybridized carbons (Fsp3) is 0.793. The topological polar surface area (TPSA) is 269 Å². The molecule has 6 unspecified atom stereocenters. The maximum atomic E-state index is 13.4. The Bertz CT molecular complexity index is 933. The fourth-order valence-electron chi connectivity index (χ4n) is 4.40. The Kier molecular flexibility index (Phi) is 20.6. The van der Waals surface area contributed by atoms with Gasteiger partial charge in [0.1, 0.15) is 24.2 Å². The quantitative estimate of drug-likeness (QED) is 0.0617. The third-order valence-corrected chi connectivity index (χ3v) is 7.28. The van der Waals surface area contributed by atoms with Crippen molar-refractivity contribution in [2.45, 2.75) is 122 Å². The number of carboxylic acids is 2. The van der Waals surface area contributed by atoms with Crippen molar-refractivity contribution in [2.24, 2.45) is 29.0 Å². The molecule has 0 spiro atoms. The molecule has 0 fully saturated rings. The Morgan fingerprint density at radius 3 is 1.64 bits per heavy atom. The molecule has 0 aromatic rings. The van der Waals surface area contributed by atoms with E-state index in [0.717, 1.165) is 0 Å². The zero-order chi connectivity index (χ0) is 33.8. The van der Waals surface area contributed by atoms with Gasteiger partial charge in [-0.15, -0.1) is 0 Å². The average molecular weight is 630 g/mol. The van der Waals surface area contributed by atoms with E-state index >= 15 is 0 Å². The molecular formula is C29H55N7O8. The minimum Gasteiger partial charge on any atom is -0.481 e. The molecule has 0 saturated heterocycles. The Morgan fingerprint density at radius 1 is 0.659 bits per heavy atom. The number of aliphatic carboxylic acids is 2. The second-order valence-electron chi connectivity index (χ2n) is 11.6. The van der Waals surface area contributed by atoms with Crippen LogP contribution < -0.4 is 38.5 Å². The zero-order valence-electron chi connectivity index (χ0n) is 26.6.